The van der Waals surface area contributed by atoms with Crippen molar-refractivity contribution in [2.75, 3.05) is 6.16 Å². The second kappa shape index (κ2) is 12.6. The van der Waals surface area contributed by atoms with Gasteiger partial charge in [0.15, 0.2) is 0 Å². The Morgan fingerprint density at radius 1 is 0.500 bits per heavy atom. The number of rotatable bonds is 8. The molecule has 4 aromatic carbocycles. The smallest absolute Gasteiger partial charge is 0.0669 e. The molecule has 0 aliphatic heterocycles. The van der Waals surface area contributed by atoms with Gasteiger partial charge in [0.05, 0.1) is 0 Å². The van der Waals surface area contributed by atoms with Gasteiger partial charge in [0.1, 0.15) is 2.97 Å². The molecule has 166 valence electrons. The van der Waals surface area contributed by atoms with E-state index in [2.05, 4.69) is 153 Å². The van der Waals surface area contributed by atoms with Crippen molar-refractivity contribution in [2.45, 2.75) is 9.40 Å². The van der Waals surface area contributed by atoms with Crippen molar-refractivity contribution in [3.05, 3.63) is 121 Å². The fraction of sp³-hybridized carbons (Fsp3) is 0.111. The molecule has 0 aliphatic rings. The van der Waals surface area contributed by atoms with Gasteiger partial charge in [-0.3, -0.25) is 0 Å². The first-order valence-corrected chi connectivity index (χ1v) is 14.8. The molecule has 32 heavy (non-hydrogen) atoms. The Bertz CT molecular complexity index is 983. The van der Waals surface area contributed by atoms with Crippen LogP contribution in [0, 0.1) is 0 Å². The molecule has 0 amide bonds. The van der Waals surface area contributed by atoms with Crippen molar-refractivity contribution in [1.82, 2.24) is 0 Å². The van der Waals surface area contributed by atoms with Crippen LogP contribution in [0.4, 0.5) is 0 Å². The fourth-order valence-corrected chi connectivity index (χ4v) is 12.1. The molecule has 0 saturated carbocycles. The Morgan fingerprint density at radius 2 is 0.812 bits per heavy atom. The van der Waals surface area contributed by atoms with Crippen LogP contribution < -0.4 is 21.2 Å². The summed E-state index contributed by atoms with van der Waals surface area (Å²) >= 11 is 8.30. The van der Waals surface area contributed by atoms with E-state index in [-0.39, 0.29) is 19.5 Å². The van der Waals surface area contributed by atoms with E-state index >= 15 is 0 Å². The predicted molar refractivity (Wildman–Crippen MR) is 148 cm³/mol. The first-order valence-electron chi connectivity index (χ1n) is 10.3. The van der Waals surface area contributed by atoms with Crippen LogP contribution in [0.25, 0.3) is 0 Å². The summed E-state index contributed by atoms with van der Waals surface area (Å²) in [4.78, 5) is 0. The van der Waals surface area contributed by atoms with Crippen LogP contribution in [0.15, 0.2) is 121 Å². The Balaban J connectivity index is 0.00000289. The maximum absolute atomic E-state index is 4.15. The van der Waals surface area contributed by atoms with Crippen LogP contribution >= 0.6 is 47.7 Å². The summed E-state index contributed by atoms with van der Waals surface area (Å²) in [6.07, 6.45) is 2.14. The van der Waals surface area contributed by atoms with E-state index in [0.29, 0.717) is 0 Å². The molecule has 0 atom stereocenters. The Morgan fingerprint density at radius 3 is 1.16 bits per heavy atom. The molecular weight excluding hydrogens is 605 g/mol. The van der Waals surface area contributed by atoms with Crippen LogP contribution in [0.3, 0.4) is 0 Å². The van der Waals surface area contributed by atoms with E-state index in [4.69, 9.17) is 0 Å². The zero-order chi connectivity index (χ0) is 21.5. The minimum absolute atomic E-state index is 0. The quantitative estimate of drug-likeness (QED) is 0.111. The minimum atomic E-state index is -0.619. The van der Waals surface area contributed by atoms with Gasteiger partial charge in [0.2, 0.25) is 0 Å². The second-order valence-electron chi connectivity index (χ2n) is 7.25. The van der Waals surface area contributed by atoms with Gasteiger partial charge < -0.3 is 0 Å². The normalized spacial score (nSPS) is 11.4. The Hall–Kier alpha value is -0.806. The summed E-state index contributed by atoms with van der Waals surface area (Å²) in [5, 5.41) is 5.62. The van der Waals surface area contributed by atoms with Crippen molar-refractivity contribution >= 4 is 68.9 Å². The molecule has 4 rings (SSSR count). The van der Waals surface area contributed by atoms with E-state index < -0.39 is 15.8 Å². The van der Waals surface area contributed by atoms with Crippen LogP contribution in [0.5, 0.6) is 0 Å². The molecule has 0 radical (unpaired) electrons. The number of halogens is 2. The van der Waals surface area contributed by atoms with E-state index in [1.165, 1.54) is 21.2 Å². The number of hydrogen-bond donors (Lipinski definition) is 0. The molecule has 5 heteroatoms. The van der Waals surface area contributed by atoms with Gasteiger partial charge in [-0.15, -0.1) is 0 Å². The van der Waals surface area contributed by atoms with Gasteiger partial charge in [-0.05, 0) is 49.6 Å². The third-order valence-electron chi connectivity index (χ3n) is 5.13. The topological polar surface area (TPSA) is 0 Å². The Labute approximate surface area is 220 Å². The zero-order valence-corrected chi connectivity index (χ0v) is 23.4. The predicted octanol–water partition coefficient (Wildman–Crippen LogP) is 7.08. The standard InChI is InChI=1S/C27H24Br2P2.Ni/c28-27(29,31(25-17-9-3-10-18-25)26-19-11-4-12-20-26)21-22-30(23-13-5-1-6-14-23)24-15-7-2-8-16-24;/h1-20H,21-22H2;. The minimum Gasteiger partial charge on any atom is -0.0669 e. The van der Waals surface area contributed by atoms with E-state index in [0.717, 1.165) is 12.6 Å². The van der Waals surface area contributed by atoms with Crippen LogP contribution in [-0.4, -0.2) is 9.14 Å². The molecule has 0 fully saturated rings. The number of alkyl halides is 2. The summed E-state index contributed by atoms with van der Waals surface area (Å²) in [6, 6.07) is 43.7. The van der Waals surface area contributed by atoms with E-state index in [1.807, 2.05) is 0 Å². The van der Waals surface area contributed by atoms with Crippen molar-refractivity contribution in [3.63, 3.8) is 0 Å². The van der Waals surface area contributed by atoms with Gasteiger partial charge >= 0.3 is 0 Å². The second-order valence-corrected chi connectivity index (χ2v) is 17.0. The first kappa shape index (κ1) is 25.8. The molecule has 0 nitrogen and oxygen atoms in total. The molecule has 0 heterocycles. The van der Waals surface area contributed by atoms with Crippen LogP contribution in [-0.2, 0) is 16.5 Å². The summed E-state index contributed by atoms with van der Waals surface area (Å²) < 4.78 is -0.178. The third kappa shape index (κ3) is 6.62. The largest absolute Gasteiger partial charge is 0.108 e. The molecular formula is C27H24Br2NiP2. The molecule has 0 aromatic heterocycles. The molecule has 0 N–H and O–H groups in total. The summed E-state index contributed by atoms with van der Waals surface area (Å²) in [6.45, 7) is 0. The number of benzene rings is 4. The van der Waals surface area contributed by atoms with Crippen LogP contribution in [0.2, 0.25) is 0 Å². The van der Waals surface area contributed by atoms with Gasteiger partial charge in [0.25, 0.3) is 0 Å². The third-order valence-corrected chi connectivity index (χ3v) is 13.1. The van der Waals surface area contributed by atoms with Gasteiger partial charge in [-0.2, -0.15) is 0 Å². The molecule has 0 saturated heterocycles. The average Bonchev–Trinajstić information content (AvgIpc) is 2.82. The van der Waals surface area contributed by atoms with E-state index in [9.17, 15) is 0 Å². The molecule has 0 unspecified atom stereocenters. The van der Waals surface area contributed by atoms with Crippen molar-refractivity contribution in [3.8, 4) is 0 Å². The Kier molecular flexibility index (Phi) is 10.2. The van der Waals surface area contributed by atoms with E-state index in [1.54, 1.807) is 0 Å². The number of hydrogen-bond acceptors (Lipinski definition) is 0. The molecule has 0 spiro atoms. The first-order chi connectivity index (χ1) is 15.1. The summed E-state index contributed by atoms with van der Waals surface area (Å²) in [7, 11) is -1.05. The molecule has 0 aliphatic carbocycles. The van der Waals surface area contributed by atoms with Crippen molar-refractivity contribution in [2.24, 2.45) is 0 Å². The maximum atomic E-state index is 4.15. The van der Waals surface area contributed by atoms with Crippen molar-refractivity contribution in [1.29, 1.82) is 0 Å². The SMILES string of the molecule is BrC(Br)(CCP(c1ccccc1)c1ccccc1)P(c1ccccc1)c1ccccc1.[Ni]. The molecule has 0 bridgehead atoms. The van der Waals surface area contributed by atoms with Gasteiger partial charge in [-0.25, -0.2) is 0 Å². The monoisotopic (exact) mass is 626 g/mol. The molecule has 4 aromatic rings. The summed E-state index contributed by atoms with van der Waals surface area (Å²) in [5.41, 5.74) is 0. The van der Waals surface area contributed by atoms with Crippen LogP contribution in [0.1, 0.15) is 6.42 Å². The fourth-order valence-electron chi connectivity index (χ4n) is 3.66. The average molecular weight is 629 g/mol. The van der Waals surface area contributed by atoms with Gasteiger partial charge in [0, 0.05) is 16.5 Å². The van der Waals surface area contributed by atoms with Crippen molar-refractivity contribution < 1.29 is 16.5 Å². The summed E-state index contributed by atoms with van der Waals surface area (Å²) in [5.74, 6) is 0. The zero-order valence-electron chi connectivity index (χ0n) is 17.4. The maximum Gasteiger partial charge on any atom is 0.108 e. The van der Waals surface area contributed by atoms with Gasteiger partial charge in [-0.1, -0.05) is 153 Å².